The minimum absolute atomic E-state index is 0.147. The van der Waals surface area contributed by atoms with Crippen LogP contribution in [0, 0.1) is 11.8 Å². The van der Waals surface area contributed by atoms with Crippen molar-refractivity contribution in [1.29, 1.82) is 0 Å². The SMILES string of the molecule is Nc1ccc(Br)cc1C#CCO. The number of anilines is 1. The fraction of sp³-hybridized carbons (Fsp3) is 0.111. The van der Waals surface area contributed by atoms with E-state index in [1.54, 1.807) is 6.07 Å². The van der Waals surface area contributed by atoms with E-state index in [9.17, 15) is 0 Å². The highest BCUT2D eigenvalue weighted by Gasteiger charge is 1.94. The fourth-order valence-corrected chi connectivity index (χ4v) is 1.13. The van der Waals surface area contributed by atoms with E-state index in [0.29, 0.717) is 5.69 Å². The Hall–Kier alpha value is -0.980. The summed E-state index contributed by atoms with van der Waals surface area (Å²) in [5.41, 5.74) is 6.98. The standard InChI is InChI=1S/C9H8BrNO/c10-8-3-4-9(11)7(6-8)2-1-5-12/h3-4,6,12H,5,11H2. The lowest BCUT2D eigenvalue weighted by Gasteiger charge is -1.97. The number of aliphatic hydroxyl groups is 1. The molecule has 0 radical (unpaired) electrons. The van der Waals surface area contributed by atoms with Crippen molar-refractivity contribution < 1.29 is 5.11 Å². The van der Waals surface area contributed by atoms with E-state index in [1.165, 1.54) is 0 Å². The largest absolute Gasteiger partial charge is 0.398 e. The van der Waals surface area contributed by atoms with Crippen LogP contribution >= 0.6 is 15.9 Å². The molecule has 0 aliphatic heterocycles. The molecule has 0 unspecified atom stereocenters. The molecule has 0 aromatic heterocycles. The van der Waals surface area contributed by atoms with Crippen molar-refractivity contribution in [3.8, 4) is 11.8 Å². The molecule has 0 amide bonds. The molecule has 1 rings (SSSR count). The van der Waals surface area contributed by atoms with Gasteiger partial charge in [0.05, 0.1) is 0 Å². The molecule has 0 saturated heterocycles. The number of hydrogen-bond donors (Lipinski definition) is 2. The summed E-state index contributed by atoms with van der Waals surface area (Å²) in [5.74, 6) is 5.29. The van der Waals surface area contributed by atoms with Gasteiger partial charge in [0.2, 0.25) is 0 Å². The first-order chi connectivity index (χ1) is 5.74. The van der Waals surface area contributed by atoms with E-state index in [-0.39, 0.29) is 6.61 Å². The Kier molecular flexibility index (Phi) is 3.15. The Morgan fingerprint density at radius 3 is 2.92 bits per heavy atom. The Morgan fingerprint density at radius 2 is 2.25 bits per heavy atom. The van der Waals surface area contributed by atoms with Crippen LogP contribution < -0.4 is 5.73 Å². The zero-order chi connectivity index (χ0) is 8.97. The summed E-state index contributed by atoms with van der Waals surface area (Å²) >= 11 is 3.30. The maximum absolute atomic E-state index is 8.46. The van der Waals surface area contributed by atoms with Crippen LogP contribution in [0.25, 0.3) is 0 Å². The number of hydrogen-bond acceptors (Lipinski definition) is 2. The second kappa shape index (κ2) is 4.15. The molecule has 2 nitrogen and oxygen atoms in total. The van der Waals surface area contributed by atoms with Crippen LogP contribution in [-0.2, 0) is 0 Å². The first-order valence-electron chi connectivity index (χ1n) is 3.39. The molecule has 3 heteroatoms. The van der Waals surface area contributed by atoms with E-state index < -0.39 is 0 Å². The van der Waals surface area contributed by atoms with Crippen molar-refractivity contribution in [3.63, 3.8) is 0 Å². The Labute approximate surface area is 79.5 Å². The summed E-state index contributed by atoms with van der Waals surface area (Å²) in [4.78, 5) is 0. The van der Waals surface area contributed by atoms with Crippen LogP contribution in [0.2, 0.25) is 0 Å². The summed E-state index contributed by atoms with van der Waals surface area (Å²) in [6.45, 7) is -0.147. The minimum atomic E-state index is -0.147. The molecule has 0 bridgehead atoms. The molecule has 3 N–H and O–H groups in total. The maximum atomic E-state index is 8.46. The van der Waals surface area contributed by atoms with Gasteiger partial charge in [0.15, 0.2) is 0 Å². The molecule has 1 aromatic carbocycles. The smallest absolute Gasteiger partial charge is 0.104 e. The van der Waals surface area contributed by atoms with Gasteiger partial charge in [-0.25, -0.2) is 0 Å². The van der Waals surface area contributed by atoms with Crippen LogP contribution in [0.4, 0.5) is 5.69 Å². The number of benzene rings is 1. The molecule has 0 spiro atoms. The molecular formula is C9H8BrNO. The van der Waals surface area contributed by atoms with Crippen LogP contribution in [0.3, 0.4) is 0 Å². The molecule has 0 fully saturated rings. The molecule has 62 valence electrons. The lowest BCUT2D eigenvalue weighted by molar-refractivity contribution is 0.350. The van der Waals surface area contributed by atoms with Gasteiger partial charge in [-0.15, -0.1) is 0 Å². The Balaban J connectivity index is 3.05. The highest BCUT2D eigenvalue weighted by Crippen LogP contribution is 2.16. The lowest BCUT2D eigenvalue weighted by atomic mass is 10.2. The van der Waals surface area contributed by atoms with E-state index in [1.807, 2.05) is 12.1 Å². The van der Waals surface area contributed by atoms with E-state index in [4.69, 9.17) is 10.8 Å². The molecule has 1 aromatic rings. The zero-order valence-electron chi connectivity index (χ0n) is 6.34. The number of aliphatic hydroxyl groups excluding tert-OH is 1. The summed E-state index contributed by atoms with van der Waals surface area (Å²) in [6.07, 6.45) is 0. The van der Waals surface area contributed by atoms with E-state index >= 15 is 0 Å². The van der Waals surface area contributed by atoms with Crippen molar-refractivity contribution in [1.82, 2.24) is 0 Å². The molecule has 0 aliphatic rings. The van der Waals surface area contributed by atoms with Gasteiger partial charge >= 0.3 is 0 Å². The highest BCUT2D eigenvalue weighted by atomic mass is 79.9. The number of halogens is 1. The molecule has 12 heavy (non-hydrogen) atoms. The number of rotatable bonds is 0. The Bertz CT molecular complexity index is 338. The van der Waals surface area contributed by atoms with Crippen LogP contribution in [0.15, 0.2) is 22.7 Å². The van der Waals surface area contributed by atoms with Gasteiger partial charge in [-0.05, 0) is 18.2 Å². The molecule has 0 atom stereocenters. The molecule has 0 heterocycles. The van der Waals surface area contributed by atoms with Crippen molar-refractivity contribution in [2.45, 2.75) is 0 Å². The van der Waals surface area contributed by atoms with Crippen molar-refractivity contribution in [3.05, 3.63) is 28.2 Å². The fourth-order valence-electron chi connectivity index (χ4n) is 0.772. The molecule has 0 saturated carbocycles. The Morgan fingerprint density at radius 1 is 1.50 bits per heavy atom. The first kappa shape index (κ1) is 9.11. The number of nitrogens with two attached hydrogens (primary N) is 1. The minimum Gasteiger partial charge on any atom is -0.398 e. The second-order valence-corrected chi connectivity index (χ2v) is 3.11. The van der Waals surface area contributed by atoms with Gasteiger partial charge < -0.3 is 10.8 Å². The maximum Gasteiger partial charge on any atom is 0.104 e. The third-order valence-electron chi connectivity index (χ3n) is 1.32. The van der Waals surface area contributed by atoms with Gasteiger partial charge in [0.25, 0.3) is 0 Å². The summed E-state index contributed by atoms with van der Waals surface area (Å²) in [5, 5.41) is 8.46. The average Bonchev–Trinajstić information content (AvgIpc) is 2.07. The zero-order valence-corrected chi connectivity index (χ0v) is 7.93. The van der Waals surface area contributed by atoms with E-state index in [0.717, 1.165) is 10.0 Å². The van der Waals surface area contributed by atoms with Gasteiger partial charge in [0, 0.05) is 15.7 Å². The van der Waals surface area contributed by atoms with Crippen LogP contribution in [-0.4, -0.2) is 11.7 Å². The van der Waals surface area contributed by atoms with Crippen LogP contribution in [0.5, 0.6) is 0 Å². The summed E-state index contributed by atoms with van der Waals surface area (Å²) in [6, 6.07) is 5.43. The normalized spacial score (nSPS) is 8.83. The monoisotopic (exact) mass is 225 g/mol. The average molecular weight is 226 g/mol. The van der Waals surface area contributed by atoms with Crippen molar-refractivity contribution >= 4 is 21.6 Å². The third kappa shape index (κ3) is 2.26. The summed E-state index contributed by atoms with van der Waals surface area (Å²) < 4.78 is 0.930. The first-order valence-corrected chi connectivity index (χ1v) is 4.18. The quantitative estimate of drug-likeness (QED) is 0.518. The third-order valence-corrected chi connectivity index (χ3v) is 1.81. The molecular weight excluding hydrogens is 218 g/mol. The summed E-state index contributed by atoms with van der Waals surface area (Å²) in [7, 11) is 0. The van der Waals surface area contributed by atoms with Gasteiger partial charge in [0.1, 0.15) is 6.61 Å². The van der Waals surface area contributed by atoms with Gasteiger partial charge in [-0.3, -0.25) is 0 Å². The lowest BCUT2D eigenvalue weighted by Crippen LogP contribution is -1.89. The molecule has 0 aliphatic carbocycles. The predicted octanol–water partition coefficient (Wildman–Crippen LogP) is 1.38. The predicted molar refractivity (Wildman–Crippen MR) is 52.5 cm³/mol. The second-order valence-electron chi connectivity index (χ2n) is 2.19. The highest BCUT2D eigenvalue weighted by molar-refractivity contribution is 9.10. The van der Waals surface area contributed by atoms with Crippen LogP contribution in [0.1, 0.15) is 5.56 Å². The topological polar surface area (TPSA) is 46.2 Å². The van der Waals surface area contributed by atoms with Crippen molar-refractivity contribution in [2.24, 2.45) is 0 Å². The van der Waals surface area contributed by atoms with Crippen molar-refractivity contribution in [2.75, 3.05) is 12.3 Å². The van der Waals surface area contributed by atoms with Gasteiger partial charge in [-0.2, -0.15) is 0 Å². The van der Waals surface area contributed by atoms with Gasteiger partial charge in [-0.1, -0.05) is 27.8 Å². The van der Waals surface area contributed by atoms with E-state index in [2.05, 4.69) is 27.8 Å². The number of nitrogen functional groups attached to an aromatic ring is 1.